The van der Waals surface area contributed by atoms with Crippen molar-refractivity contribution in [2.45, 2.75) is 36.7 Å². The third-order valence-corrected chi connectivity index (χ3v) is 6.18. The molecule has 29 heavy (non-hydrogen) atoms. The smallest absolute Gasteiger partial charge is 0.240 e. The number of rotatable bonds is 8. The zero-order valence-electron chi connectivity index (χ0n) is 16.2. The zero-order chi connectivity index (χ0) is 20.0. The topological polar surface area (TPSA) is 82.6 Å². The molecule has 0 saturated heterocycles. The first-order chi connectivity index (χ1) is 13.5. The molecule has 3 rings (SSSR count). The minimum absolute atomic E-state index is 0. The van der Waals surface area contributed by atoms with Crippen LogP contribution in [-0.2, 0) is 23.0 Å². The van der Waals surface area contributed by atoms with E-state index in [1.165, 1.54) is 0 Å². The van der Waals surface area contributed by atoms with Gasteiger partial charge in [-0.25, -0.2) is 13.1 Å². The summed E-state index contributed by atoms with van der Waals surface area (Å²) in [5, 5.41) is 7.23. The van der Waals surface area contributed by atoms with Crippen LogP contribution in [0.1, 0.15) is 24.0 Å². The molecule has 2 aromatic carbocycles. The van der Waals surface area contributed by atoms with E-state index in [4.69, 9.17) is 11.6 Å². The summed E-state index contributed by atoms with van der Waals surface area (Å²) in [5.74, 6) is 0.689. The highest BCUT2D eigenvalue weighted by Gasteiger charge is 2.27. The van der Waals surface area contributed by atoms with Crippen LogP contribution in [0, 0.1) is 0 Å². The molecular weight excluding hydrogens is 523 g/mol. The number of guanidine groups is 1. The molecule has 0 aliphatic heterocycles. The van der Waals surface area contributed by atoms with Crippen molar-refractivity contribution in [2.24, 2.45) is 4.99 Å². The second-order valence-corrected chi connectivity index (χ2v) is 8.92. The molecule has 0 atom stereocenters. The van der Waals surface area contributed by atoms with Gasteiger partial charge in [0.2, 0.25) is 10.0 Å². The van der Waals surface area contributed by atoms with Gasteiger partial charge in [-0.15, -0.1) is 24.0 Å². The average molecular weight is 549 g/mol. The quantitative estimate of drug-likeness (QED) is 0.269. The minimum atomic E-state index is -3.41. The van der Waals surface area contributed by atoms with Crippen LogP contribution in [0.15, 0.2) is 58.4 Å². The molecule has 0 heterocycles. The molecule has 3 N–H and O–H groups in total. The van der Waals surface area contributed by atoms with E-state index in [0.29, 0.717) is 17.4 Å². The second-order valence-electron chi connectivity index (χ2n) is 6.77. The number of nitrogens with zero attached hydrogens (tertiary/aromatic N) is 1. The van der Waals surface area contributed by atoms with Crippen LogP contribution < -0.4 is 15.4 Å². The summed E-state index contributed by atoms with van der Waals surface area (Å²) in [6, 6.07) is 14.8. The minimum Gasteiger partial charge on any atom is -0.356 e. The molecule has 6 nitrogen and oxygen atoms in total. The van der Waals surface area contributed by atoms with Gasteiger partial charge in [0.25, 0.3) is 0 Å². The molecule has 0 amide bonds. The van der Waals surface area contributed by atoms with E-state index < -0.39 is 10.0 Å². The SMILES string of the molecule is CN=C(NCCc1cccc(Cl)c1)NCc1ccc(S(=O)(=O)NC2CC2)cc1.I. The number of hydrogen-bond donors (Lipinski definition) is 3. The zero-order valence-corrected chi connectivity index (χ0v) is 20.1. The maximum Gasteiger partial charge on any atom is 0.240 e. The van der Waals surface area contributed by atoms with Gasteiger partial charge >= 0.3 is 0 Å². The molecule has 0 unspecified atom stereocenters. The Hall–Kier alpha value is -1.36. The summed E-state index contributed by atoms with van der Waals surface area (Å²) in [4.78, 5) is 4.51. The van der Waals surface area contributed by atoms with Gasteiger partial charge < -0.3 is 10.6 Å². The maximum absolute atomic E-state index is 12.2. The number of nitrogens with one attached hydrogen (secondary N) is 3. The van der Waals surface area contributed by atoms with Crippen LogP contribution in [0.25, 0.3) is 0 Å². The summed E-state index contributed by atoms with van der Waals surface area (Å²) < 4.78 is 27.1. The highest BCUT2D eigenvalue weighted by molar-refractivity contribution is 14.0. The Bertz CT molecular complexity index is 932. The summed E-state index contributed by atoms with van der Waals surface area (Å²) in [6.07, 6.45) is 2.68. The molecule has 0 bridgehead atoms. The third-order valence-electron chi connectivity index (χ3n) is 4.41. The van der Waals surface area contributed by atoms with Crippen LogP contribution in [0.4, 0.5) is 0 Å². The molecule has 2 aromatic rings. The first kappa shape index (κ1) is 23.9. The lowest BCUT2D eigenvalue weighted by Crippen LogP contribution is -2.37. The average Bonchev–Trinajstić information content (AvgIpc) is 3.48. The van der Waals surface area contributed by atoms with E-state index in [-0.39, 0.29) is 30.0 Å². The van der Waals surface area contributed by atoms with Crippen LogP contribution in [0.5, 0.6) is 0 Å². The van der Waals surface area contributed by atoms with Crippen molar-refractivity contribution in [3.05, 3.63) is 64.7 Å². The molecule has 0 radical (unpaired) electrons. The fourth-order valence-electron chi connectivity index (χ4n) is 2.70. The molecule has 9 heteroatoms. The van der Waals surface area contributed by atoms with Crippen molar-refractivity contribution in [3.63, 3.8) is 0 Å². The van der Waals surface area contributed by atoms with E-state index in [1.54, 1.807) is 19.2 Å². The third kappa shape index (κ3) is 7.76. The van der Waals surface area contributed by atoms with Gasteiger partial charge in [-0.05, 0) is 54.7 Å². The molecule has 158 valence electrons. The molecule has 1 aliphatic carbocycles. The Morgan fingerprint density at radius 3 is 2.45 bits per heavy atom. The van der Waals surface area contributed by atoms with E-state index in [9.17, 15) is 8.42 Å². The number of hydrogen-bond acceptors (Lipinski definition) is 3. The Balaban J connectivity index is 0.00000300. The Morgan fingerprint density at radius 2 is 1.83 bits per heavy atom. The first-order valence-corrected chi connectivity index (χ1v) is 11.1. The fraction of sp³-hybridized carbons (Fsp3) is 0.350. The van der Waals surface area contributed by atoms with E-state index in [0.717, 1.165) is 42.0 Å². The molecule has 1 aliphatic rings. The number of halogens is 2. The van der Waals surface area contributed by atoms with E-state index in [2.05, 4.69) is 20.3 Å². The van der Waals surface area contributed by atoms with Crippen molar-refractivity contribution >= 4 is 51.6 Å². The Morgan fingerprint density at radius 1 is 1.10 bits per heavy atom. The summed E-state index contributed by atoms with van der Waals surface area (Å²) >= 11 is 6.00. The predicted molar refractivity (Wildman–Crippen MR) is 129 cm³/mol. The Labute approximate surface area is 194 Å². The van der Waals surface area contributed by atoms with Gasteiger partial charge in [-0.2, -0.15) is 0 Å². The largest absolute Gasteiger partial charge is 0.356 e. The van der Waals surface area contributed by atoms with Crippen LogP contribution in [0.3, 0.4) is 0 Å². The lowest BCUT2D eigenvalue weighted by atomic mass is 10.1. The first-order valence-electron chi connectivity index (χ1n) is 9.26. The van der Waals surface area contributed by atoms with Gasteiger partial charge in [-0.3, -0.25) is 4.99 Å². The predicted octanol–water partition coefficient (Wildman–Crippen LogP) is 3.31. The highest BCUT2D eigenvalue weighted by Crippen LogP contribution is 2.22. The van der Waals surface area contributed by atoms with Crippen LogP contribution in [-0.4, -0.2) is 34.0 Å². The van der Waals surface area contributed by atoms with E-state index >= 15 is 0 Å². The molecule has 1 saturated carbocycles. The van der Waals surface area contributed by atoms with Gasteiger partial charge in [0.15, 0.2) is 5.96 Å². The Kier molecular flexibility index (Phi) is 9.19. The number of benzene rings is 2. The monoisotopic (exact) mass is 548 g/mol. The fourth-order valence-corrected chi connectivity index (χ4v) is 4.22. The summed E-state index contributed by atoms with van der Waals surface area (Å²) in [6.45, 7) is 1.28. The van der Waals surface area contributed by atoms with Crippen LogP contribution >= 0.6 is 35.6 Å². The molecule has 0 aromatic heterocycles. The second kappa shape index (κ2) is 11.1. The molecule has 0 spiro atoms. The van der Waals surface area contributed by atoms with Crippen LogP contribution in [0.2, 0.25) is 5.02 Å². The lowest BCUT2D eigenvalue weighted by molar-refractivity contribution is 0.581. The highest BCUT2D eigenvalue weighted by atomic mass is 127. The standard InChI is InChI=1S/C20H25ClN4O2S.HI/c1-22-20(23-12-11-15-3-2-4-17(21)13-15)24-14-16-5-9-19(10-6-16)28(26,27)25-18-7-8-18;/h2-6,9-10,13,18,25H,7-8,11-12,14H2,1H3,(H2,22,23,24);1H. The van der Waals surface area contributed by atoms with Gasteiger partial charge in [0.05, 0.1) is 4.90 Å². The van der Waals surface area contributed by atoms with Gasteiger partial charge in [0.1, 0.15) is 0 Å². The molecule has 1 fully saturated rings. The summed E-state index contributed by atoms with van der Waals surface area (Å²) in [5.41, 5.74) is 2.13. The van der Waals surface area contributed by atoms with Crippen molar-refractivity contribution in [1.82, 2.24) is 15.4 Å². The van der Waals surface area contributed by atoms with Crippen molar-refractivity contribution < 1.29 is 8.42 Å². The number of aliphatic imine (C=N–C) groups is 1. The van der Waals surface area contributed by atoms with E-state index in [1.807, 2.05) is 36.4 Å². The molecular formula is C20H26ClIN4O2S. The van der Waals surface area contributed by atoms with Crippen molar-refractivity contribution in [2.75, 3.05) is 13.6 Å². The van der Waals surface area contributed by atoms with Crippen molar-refractivity contribution in [1.29, 1.82) is 0 Å². The normalized spacial score (nSPS) is 14.2. The van der Waals surface area contributed by atoms with Gasteiger partial charge in [0, 0.05) is 31.2 Å². The number of sulfonamides is 1. The van der Waals surface area contributed by atoms with Gasteiger partial charge in [-0.1, -0.05) is 35.9 Å². The summed E-state index contributed by atoms with van der Waals surface area (Å²) in [7, 11) is -1.69. The maximum atomic E-state index is 12.2. The van der Waals surface area contributed by atoms with Crippen molar-refractivity contribution in [3.8, 4) is 0 Å². The lowest BCUT2D eigenvalue weighted by Gasteiger charge is -2.12.